The Morgan fingerprint density at radius 2 is 1.83 bits per heavy atom. The van der Waals surface area contributed by atoms with Crippen molar-refractivity contribution >= 4 is 15.8 Å². The maximum atomic E-state index is 13.0. The molecule has 1 aliphatic rings. The van der Waals surface area contributed by atoms with Crippen LogP contribution in [0.5, 0.6) is 0 Å². The van der Waals surface area contributed by atoms with Crippen molar-refractivity contribution in [3.8, 4) is 22.3 Å². The number of anilines is 1. The van der Waals surface area contributed by atoms with E-state index in [1.165, 1.54) is 24.7 Å². The number of nitrogens with two attached hydrogens (primary N) is 1. The van der Waals surface area contributed by atoms with Gasteiger partial charge in [-0.15, -0.1) is 0 Å². The molecule has 0 saturated heterocycles. The summed E-state index contributed by atoms with van der Waals surface area (Å²) in [7, 11) is -3.81. The van der Waals surface area contributed by atoms with Gasteiger partial charge in [-0.25, -0.2) is 18.1 Å². The summed E-state index contributed by atoms with van der Waals surface area (Å²) < 4.78 is 67.6. The van der Waals surface area contributed by atoms with E-state index in [9.17, 15) is 26.7 Å². The Morgan fingerprint density at radius 1 is 1.11 bits per heavy atom. The maximum Gasteiger partial charge on any atom is 0.408 e. The maximum absolute atomic E-state index is 13.0. The predicted molar refractivity (Wildman–Crippen MR) is 125 cm³/mol. The number of nitrogens with one attached hydrogen (secondary N) is 1. The van der Waals surface area contributed by atoms with Gasteiger partial charge in [-0.05, 0) is 61.9 Å². The molecule has 2 aromatic heterocycles. The van der Waals surface area contributed by atoms with Gasteiger partial charge < -0.3 is 10.8 Å². The van der Waals surface area contributed by atoms with Gasteiger partial charge in [-0.3, -0.25) is 4.68 Å². The molecule has 0 spiro atoms. The fourth-order valence-corrected chi connectivity index (χ4v) is 5.52. The number of pyridine rings is 1. The number of hydrogen-bond acceptors (Lipinski definition) is 6. The Balaban J connectivity index is 1.64. The average molecular weight is 510 g/mol. The van der Waals surface area contributed by atoms with Crippen molar-refractivity contribution in [2.24, 2.45) is 0 Å². The van der Waals surface area contributed by atoms with E-state index in [1.54, 1.807) is 18.2 Å². The summed E-state index contributed by atoms with van der Waals surface area (Å²) in [6, 6.07) is 6.16. The Morgan fingerprint density at radius 3 is 2.51 bits per heavy atom. The van der Waals surface area contributed by atoms with Gasteiger partial charge >= 0.3 is 6.18 Å². The van der Waals surface area contributed by atoms with Crippen LogP contribution in [-0.2, 0) is 16.6 Å². The molecule has 0 unspecified atom stereocenters. The van der Waals surface area contributed by atoms with Crippen LogP contribution in [0.1, 0.15) is 31.2 Å². The van der Waals surface area contributed by atoms with Gasteiger partial charge in [0, 0.05) is 35.1 Å². The summed E-state index contributed by atoms with van der Waals surface area (Å²) in [4.78, 5) is 4.26. The fraction of sp³-hybridized carbons (Fsp3) is 0.391. The molecule has 0 amide bonds. The van der Waals surface area contributed by atoms with Crippen molar-refractivity contribution in [1.82, 2.24) is 19.5 Å². The molecule has 35 heavy (non-hydrogen) atoms. The van der Waals surface area contributed by atoms with Gasteiger partial charge in [0.25, 0.3) is 0 Å². The van der Waals surface area contributed by atoms with Crippen LogP contribution in [-0.4, -0.2) is 46.6 Å². The number of aryl methyl sites for hydroxylation is 1. The van der Waals surface area contributed by atoms with Gasteiger partial charge in [0.05, 0.1) is 17.2 Å². The molecule has 188 valence electrons. The first-order valence-electron chi connectivity index (χ1n) is 11.1. The minimum Gasteiger partial charge on any atom is -0.393 e. The SMILES string of the molecule is Cc1ccc(S(=O)(=O)N[C@H]2CC[C@H](O)CC2)cc1-c1cnc(N)c(-c2cnn(CC(F)(F)F)c2)c1. The van der Waals surface area contributed by atoms with Gasteiger partial charge in [-0.1, -0.05) is 6.07 Å². The molecule has 0 atom stereocenters. The van der Waals surface area contributed by atoms with Crippen LogP contribution in [0, 0.1) is 6.92 Å². The zero-order valence-electron chi connectivity index (χ0n) is 19.0. The number of aliphatic hydroxyl groups excluding tert-OH is 1. The number of alkyl halides is 3. The molecule has 3 aromatic rings. The normalized spacial score (nSPS) is 19.1. The molecule has 0 radical (unpaired) electrons. The third-order valence-corrected chi connectivity index (χ3v) is 7.57. The molecule has 12 heteroatoms. The topological polar surface area (TPSA) is 123 Å². The number of halogens is 3. The molecule has 4 rings (SSSR count). The molecule has 1 aliphatic carbocycles. The predicted octanol–water partition coefficient (Wildman–Crippen LogP) is 3.65. The highest BCUT2D eigenvalue weighted by Crippen LogP contribution is 2.33. The highest BCUT2D eigenvalue weighted by atomic mass is 32.2. The minimum absolute atomic E-state index is 0.0839. The van der Waals surface area contributed by atoms with Gasteiger partial charge in [0.1, 0.15) is 12.4 Å². The van der Waals surface area contributed by atoms with E-state index in [2.05, 4.69) is 14.8 Å². The van der Waals surface area contributed by atoms with Gasteiger partial charge in [0.15, 0.2) is 0 Å². The second-order valence-electron chi connectivity index (χ2n) is 8.80. The van der Waals surface area contributed by atoms with Crippen LogP contribution >= 0.6 is 0 Å². The average Bonchev–Trinajstić information content (AvgIpc) is 3.22. The molecule has 1 aromatic carbocycles. The lowest BCUT2D eigenvalue weighted by molar-refractivity contribution is -0.142. The second kappa shape index (κ2) is 9.59. The van der Waals surface area contributed by atoms with E-state index < -0.39 is 28.8 Å². The van der Waals surface area contributed by atoms with Crippen LogP contribution < -0.4 is 10.5 Å². The zero-order valence-corrected chi connectivity index (χ0v) is 19.8. The highest BCUT2D eigenvalue weighted by Gasteiger charge is 2.29. The number of aliphatic hydroxyl groups is 1. The fourth-order valence-electron chi connectivity index (χ4n) is 4.19. The van der Waals surface area contributed by atoms with E-state index in [4.69, 9.17) is 5.73 Å². The van der Waals surface area contributed by atoms with Crippen molar-refractivity contribution in [3.05, 3.63) is 48.4 Å². The first kappa shape index (κ1) is 25.1. The first-order chi connectivity index (χ1) is 16.4. The first-order valence-corrected chi connectivity index (χ1v) is 12.6. The van der Waals surface area contributed by atoms with Gasteiger partial charge in [-0.2, -0.15) is 18.3 Å². The van der Waals surface area contributed by atoms with E-state index in [1.807, 2.05) is 6.92 Å². The van der Waals surface area contributed by atoms with E-state index in [0.29, 0.717) is 47.9 Å². The number of hydrogen-bond donors (Lipinski definition) is 3. The smallest absolute Gasteiger partial charge is 0.393 e. The van der Waals surface area contributed by atoms with Crippen molar-refractivity contribution in [2.45, 2.75) is 62.4 Å². The second-order valence-corrected chi connectivity index (χ2v) is 10.5. The molecule has 4 N–H and O–H groups in total. The quantitative estimate of drug-likeness (QED) is 0.466. The molecular formula is C23H26F3N5O3S. The zero-order chi connectivity index (χ0) is 25.4. The van der Waals surface area contributed by atoms with Crippen LogP contribution in [0.25, 0.3) is 22.3 Å². The number of nitrogen functional groups attached to an aromatic ring is 1. The summed E-state index contributed by atoms with van der Waals surface area (Å²) in [5.41, 5.74) is 8.70. The number of nitrogens with zero attached hydrogens (tertiary/aromatic N) is 3. The van der Waals surface area contributed by atoms with E-state index in [0.717, 1.165) is 10.2 Å². The molecule has 1 fully saturated rings. The lowest BCUT2D eigenvalue weighted by atomic mass is 9.94. The highest BCUT2D eigenvalue weighted by molar-refractivity contribution is 7.89. The molecule has 8 nitrogen and oxygen atoms in total. The number of aromatic nitrogens is 3. The summed E-state index contributed by atoms with van der Waals surface area (Å²) >= 11 is 0. The molecule has 2 heterocycles. The summed E-state index contributed by atoms with van der Waals surface area (Å²) in [5.74, 6) is 0.114. The Kier molecular flexibility index (Phi) is 6.89. The largest absolute Gasteiger partial charge is 0.408 e. The van der Waals surface area contributed by atoms with Crippen LogP contribution in [0.3, 0.4) is 0 Å². The molecule has 0 aliphatic heterocycles. The summed E-state index contributed by atoms with van der Waals surface area (Å²) in [5, 5.41) is 13.4. The van der Waals surface area contributed by atoms with Crippen LogP contribution in [0.15, 0.2) is 47.8 Å². The number of rotatable bonds is 6. The third-order valence-electron chi connectivity index (χ3n) is 6.05. The number of sulfonamides is 1. The monoisotopic (exact) mass is 509 g/mol. The molecular weight excluding hydrogens is 483 g/mol. The van der Waals surface area contributed by atoms with Crippen molar-refractivity contribution < 1.29 is 26.7 Å². The van der Waals surface area contributed by atoms with Crippen LogP contribution in [0.2, 0.25) is 0 Å². The van der Waals surface area contributed by atoms with Crippen molar-refractivity contribution in [1.29, 1.82) is 0 Å². The Bertz CT molecular complexity index is 1320. The van der Waals surface area contributed by atoms with Crippen molar-refractivity contribution in [2.75, 3.05) is 5.73 Å². The lowest BCUT2D eigenvalue weighted by Gasteiger charge is -2.26. The summed E-state index contributed by atoms with van der Waals surface area (Å²) in [6.07, 6.45) is 1.42. The molecule has 1 saturated carbocycles. The minimum atomic E-state index is -4.41. The Labute approximate surface area is 201 Å². The summed E-state index contributed by atoms with van der Waals surface area (Å²) in [6.45, 7) is 0.588. The van der Waals surface area contributed by atoms with Crippen LogP contribution in [0.4, 0.5) is 19.0 Å². The van der Waals surface area contributed by atoms with E-state index in [-0.39, 0.29) is 16.8 Å². The van der Waals surface area contributed by atoms with Gasteiger partial charge in [0.2, 0.25) is 10.0 Å². The standard InChI is InChI=1S/C23H26F3N5O3S/c1-14-2-7-19(35(33,34)30-17-3-5-18(32)6-4-17)9-20(14)15-8-21(22(27)28-10-15)16-11-29-31(12-16)13-23(24,25)26/h2,7-12,17-18,30,32H,3-6,13H2,1H3,(H2,27,28)/t17-,18-. The lowest BCUT2D eigenvalue weighted by Crippen LogP contribution is -2.38. The van der Waals surface area contributed by atoms with E-state index >= 15 is 0 Å². The molecule has 0 bridgehead atoms. The number of benzene rings is 1. The Hall–Kier alpha value is -2.96. The third kappa shape index (κ3) is 6.00. The van der Waals surface area contributed by atoms with Crippen molar-refractivity contribution in [3.63, 3.8) is 0 Å².